The molecule has 0 atom stereocenters. The van der Waals surface area contributed by atoms with Crippen LogP contribution in [-0.2, 0) is 0 Å². The van der Waals surface area contributed by atoms with E-state index in [0.29, 0.717) is 22.2 Å². The van der Waals surface area contributed by atoms with Gasteiger partial charge >= 0.3 is 0 Å². The third-order valence-corrected chi connectivity index (χ3v) is 3.21. The Kier molecular flexibility index (Phi) is 2.92. The molecule has 0 saturated carbocycles. The van der Waals surface area contributed by atoms with Crippen molar-refractivity contribution in [3.05, 3.63) is 52.9 Å². The van der Waals surface area contributed by atoms with E-state index in [2.05, 4.69) is 14.6 Å². The highest BCUT2D eigenvalue weighted by Crippen LogP contribution is 2.20. The minimum atomic E-state index is -0.336. The Morgan fingerprint density at radius 1 is 1.42 bits per heavy atom. The molecule has 3 aromatic rings. The SMILES string of the molecule is O=C(/C=C/c1csnn1)c1c[nH]c2cc(F)ccc12. The van der Waals surface area contributed by atoms with Crippen LogP contribution in [0, 0.1) is 5.82 Å². The van der Waals surface area contributed by atoms with E-state index >= 15 is 0 Å². The molecule has 94 valence electrons. The molecule has 0 unspecified atom stereocenters. The number of halogens is 1. The minimum Gasteiger partial charge on any atom is -0.360 e. The summed E-state index contributed by atoms with van der Waals surface area (Å²) in [5.41, 5.74) is 1.76. The van der Waals surface area contributed by atoms with Crippen molar-refractivity contribution in [2.45, 2.75) is 0 Å². The third kappa shape index (κ3) is 2.30. The molecule has 0 bridgehead atoms. The Hall–Kier alpha value is -2.34. The van der Waals surface area contributed by atoms with E-state index in [4.69, 9.17) is 0 Å². The first-order valence-corrected chi connectivity index (χ1v) is 6.34. The largest absolute Gasteiger partial charge is 0.360 e. The van der Waals surface area contributed by atoms with E-state index in [9.17, 15) is 9.18 Å². The van der Waals surface area contributed by atoms with Gasteiger partial charge in [0.05, 0.1) is 5.69 Å². The standard InChI is InChI=1S/C13H8FN3OS/c14-8-1-3-10-11(6-15-12(10)5-8)13(18)4-2-9-7-19-17-16-9/h1-7,15H/b4-2+. The Labute approximate surface area is 111 Å². The van der Waals surface area contributed by atoms with Gasteiger partial charge in [0.25, 0.3) is 0 Å². The smallest absolute Gasteiger partial charge is 0.188 e. The predicted molar refractivity (Wildman–Crippen MR) is 71.5 cm³/mol. The van der Waals surface area contributed by atoms with Gasteiger partial charge in [0.1, 0.15) is 5.82 Å². The maximum absolute atomic E-state index is 13.0. The van der Waals surface area contributed by atoms with Crippen LogP contribution in [0.15, 0.2) is 35.9 Å². The second kappa shape index (κ2) is 4.74. The Morgan fingerprint density at radius 2 is 2.32 bits per heavy atom. The lowest BCUT2D eigenvalue weighted by Gasteiger charge is -1.93. The summed E-state index contributed by atoms with van der Waals surface area (Å²) < 4.78 is 16.8. The van der Waals surface area contributed by atoms with Crippen LogP contribution in [0.25, 0.3) is 17.0 Å². The second-order valence-electron chi connectivity index (χ2n) is 3.92. The van der Waals surface area contributed by atoms with Gasteiger partial charge in [-0.25, -0.2) is 4.39 Å². The number of allylic oxidation sites excluding steroid dienone is 1. The van der Waals surface area contributed by atoms with E-state index < -0.39 is 0 Å². The molecule has 1 N–H and O–H groups in total. The number of nitrogens with zero attached hydrogens (tertiary/aromatic N) is 2. The van der Waals surface area contributed by atoms with Gasteiger partial charge in [0.15, 0.2) is 5.78 Å². The van der Waals surface area contributed by atoms with Crippen molar-refractivity contribution >= 4 is 34.3 Å². The summed E-state index contributed by atoms with van der Waals surface area (Å²) >= 11 is 1.22. The lowest BCUT2D eigenvalue weighted by atomic mass is 10.1. The summed E-state index contributed by atoms with van der Waals surface area (Å²) in [7, 11) is 0. The molecule has 0 radical (unpaired) electrons. The number of hydrogen-bond donors (Lipinski definition) is 1. The van der Waals surface area contributed by atoms with Crippen LogP contribution in [0.3, 0.4) is 0 Å². The quantitative estimate of drug-likeness (QED) is 0.589. The number of H-pyrrole nitrogens is 1. The monoisotopic (exact) mass is 273 g/mol. The van der Waals surface area contributed by atoms with Gasteiger partial charge in [-0.1, -0.05) is 4.49 Å². The molecule has 2 aromatic heterocycles. The lowest BCUT2D eigenvalue weighted by Crippen LogP contribution is -1.92. The van der Waals surface area contributed by atoms with E-state index in [0.717, 1.165) is 0 Å². The van der Waals surface area contributed by atoms with Gasteiger partial charge in [-0.15, -0.1) is 5.10 Å². The zero-order chi connectivity index (χ0) is 13.2. The molecule has 19 heavy (non-hydrogen) atoms. The highest BCUT2D eigenvalue weighted by molar-refractivity contribution is 7.03. The van der Waals surface area contributed by atoms with Crippen LogP contribution in [0.1, 0.15) is 16.1 Å². The molecule has 2 heterocycles. The summed E-state index contributed by atoms with van der Waals surface area (Å²) in [5.74, 6) is -0.497. The number of aromatic amines is 1. The maximum Gasteiger partial charge on any atom is 0.188 e. The van der Waals surface area contributed by atoms with Crippen molar-refractivity contribution in [2.75, 3.05) is 0 Å². The van der Waals surface area contributed by atoms with Crippen LogP contribution < -0.4 is 0 Å². The van der Waals surface area contributed by atoms with Crippen molar-refractivity contribution in [1.29, 1.82) is 0 Å². The van der Waals surface area contributed by atoms with Crippen molar-refractivity contribution in [1.82, 2.24) is 14.6 Å². The summed E-state index contributed by atoms with van der Waals surface area (Å²) in [4.78, 5) is 14.9. The third-order valence-electron chi connectivity index (χ3n) is 2.69. The maximum atomic E-state index is 13.0. The lowest BCUT2D eigenvalue weighted by molar-refractivity contribution is 0.104. The Bertz CT molecular complexity index is 761. The normalized spacial score (nSPS) is 11.4. The zero-order valence-electron chi connectivity index (χ0n) is 9.63. The Morgan fingerprint density at radius 3 is 3.11 bits per heavy atom. The molecule has 0 aliphatic heterocycles. The van der Waals surface area contributed by atoms with Gasteiger partial charge in [-0.05, 0) is 41.9 Å². The molecule has 6 heteroatoms. The van der Waals surface area contributed by atoms with E-state index in [1.807, 2.05) is 0 Å². The fraction of sp³-hybridized carbons (Fsp3) is 0. The molecule has 3 rings (SSSR count). The van der Waals surface area contributed by atoms with Crippen LogP contribution in [0.4, 0.5) is 4.39 Å². The number of rotatable bonds is 3. The summed E-state index contributed by atoms with van der Waals surface area (Å²) in [6, 6.07) is 4.29. The van der Waals surface area contributed by atoms with Gasteiger partial charge in [-0.2, -0.15) is 0 Å². The van der Waals surface area contributed by atoms with Crippen molar-refractivity contribution in [3.8, 4) is 0 Å². The van der Waals surface area contributed by atoms with Gasteiger partial charge in [-0.3, -0.25) is 4.79 Å². The molecule has 0 aliphatic rings. The molecule has 0 aliphatic carbocycles. The zero-order valence-corrected chi connectivity index (χ0v) is 10.4. The summed E-state index contributed by atoms with van der Waals surface area (Å²) in [6.07, 6.45) is 4.62. The molecular weight excluding hydrogens is 265 g/mol. The van der Waals surface area contributed by atoms with Crippen LogP contribution in [-0.4, -0.2) is 20.4 Å². The number of nitrogens with one attached hydrogen (secondary N) is 1. The number of carbonyl (C=O) groups is 1. The first kappa shape index (κ1) is 11.7. The number of fused-ring (bicyclic) bond motifs is 1. The highest BCUT2D eigenvalue weighted by Gasteiger charge is 2.09. The molecule has 0 amide bonds. The average Bonchev–Trinajstić information content (AvgIpc) is 3.04. The molecule has 0 saturated heterocycles. The molecule has 1 aromatic carbocycles. The van der Waals surface area contributed by atoms with Crippen molar-refractivity contribution < 1.29 is 9.18 Å². The molecule has 0 spiro atoms. The number of hydrogen-bond acceptors (Lipinski definition) is 4. The van der Waals surface area contributed by atoms with Crippen molar-refractivity contribution in [3.63, 3.8) is 0 Å². The van der Waals surface area contributed by atoms with Gasteiger partial charge in [0.2, 0.25) is 0 Å². The molecule has 4 nitrogen and oxygen atoms in total. The van der Waals surface area contributed by atoms with Crippen molar-refractivity contribution in [2.24, 2.45) is 0 Å². The second-order valence-corrected chi connectivity index (χ2v) is 4.53. The minimum absolute atomic E-state index is 0.161. The van der Waals surface area contributed by atoms with E-state index in [-0.39, 0.29) is 11.6 Å². The first-order chi connectivity index (χ1) is 9.24. The Balaban J connectivity index is 1.94. The van der Waals surface area contributed by atoms with Crippen LogP contribution in [0.5, 0.6) is 0 Å². The highest BCUT2D eigenvalue weighted by atomic mass is 32.1. The summed E-state index contributed by atoms with van der Waals surface area (Å²) in [6.45, 7) is 0. The van der Waals surface area contributed by atoms with Crippen LogP contribution in [0.2, 0.25) is 0 Å². The molecular formula is C13H8FN3OS. The number of ketones is 1. The fourth-order valence-corrected chi connectivity index (χ4v) is 2.22. The van der Waals surface area contributed by atoms with Gasteiger partial charge < -0.3 is 4.98 Å². The van der Waals surface area contributed by atoms with Crippen LogP contribution >= 0.6 is 11.5 Å². The number of carbonyl (C=O) groups excluding carboxylic acids is 1. The van der Waals surface area contributed by atoms with Gasteiger partial charge in [0, 0.05) is 28.0 Å². The topological polar surface area (TPSA) is 58.6 Å². The van der Waals surface area contributed by atoms with E-state index in [1.165, 1.54) is 29.7 Å². The number of aromatic nitrogens is 3. The molecule has 0 fully saturated rings. The predicted octanol–water partition coefficient (Wildman–Crippen LogP) is 3.05. The first-order valence-electron chi connectivity index (χ1n) is 5.50. The average molecular weight is 273 g/mol. The summed E-state index contributed by atoms with van der Waals surface area (Å²) in [5, 5.41) is 6.26. The fourth-order valence-electron chi connectivity index (χ4n) is 1.80. The number of benzene rings is 1. The van der Waals surface area contributed by atoms with E-state index in [1.54, 1.807) is 23.7 Å².